The van der Waals surface area contributed by atoms with Crippen molar-refractivity contribution in [2.75, 3.05) is 31.6 Å². The quantitative estimate of drug-likeness (QED) is 0.879. The van der Waals surface area contributed by atoms with Crippen LogP contribution in [0.1, 0.15) is 31.4 Å². The minimum Gasteiger partial charge on any atom is -0.345 e. The number of amides is 1. The van der Waals surface area contributed by atoms with Gasteiger partial charge in [0.2, 0.25) is 5.91 Å². The van der Waals surface area contributed by atoms with Crippen LogP contribution in [0.5, 0.6) is 0 Å². The van der Waals surface area contributed by atoms with Gasteiger partial charge in [-0.15, -0.1) is 12.4 Å². The predicted molar refractivity (Wildman–Crippen MR) is 103 cm³/mol. The van der Waals surface area contributed by atoms with Crippen LogP contribution in [-0.4, -0.2) is 48.5 Å². The molecule has 0 aromatic heterocycles. The number of halogens is 1. The third-order valence-corrected chi connectivity index (χ3v) is 5.44. The van der Waals surface area contributed by atoms with Gasteiger partial charge in [-0.25, -0.2) is 0 Å². The molecule has 1 aliphatic rings. The molecule has 1 atom stereocenters. The second-order valence-corrected chi connectivity index (χ2v) is 8.08. The molecule has 0 radical (unpaired) electrons. The van der Waals surface area contributed by atoms with Gasteiger partial charge >= 0.3 is 0 Å². The lowest BCUT2D eigenvalue weighted by atomic mass is 9.83. The molecule has 3 nitrogen and oxygen atoms in total. The Balaban J connectivity index is 0.00000264. The molecule has 0 saturated carbocycles. The lowest BCUT2D eigenvalue weighted by Crippen LogP contribution is -2.44. The van der Waals surface area contributed by atoms with Crippen molar-refractivity contribution in [1.82, 2.24) is 10.2 Å². The molecule has 0 aliphatic carbocycles. The number of likely N-dealkylation sites (N-methyl/N-ethyl adjacent to an activating group) is 1. The van der Waals surface area contributed by atoms with E-state index in [1.807, 2.05) is 23.7 Å². The number of rotatable bonds is 5. The summed E-state index contributed by atoms with van der Waals surface area (Å²) in [6.07, 6.45) is 0.605. The molecule has 1 aromatic rings. The van der Waals surface area contributed by atoms with E-state index in [0.717, 1.165) is 24.6 Å². The summed E-state index contributed by atoms with van der Waals surface area (Å²) in [6, 6.07) is 8.96. The third kappa shape index (κ3) is 6.02. The van der Waals surface area contributed by atoms with Crippen LogP contribution in [-0.2, 0) is 10.2 Å². The van der Waals surface area contributed by atoms with E-state index in [1.165, 1.54) is 11.1 Å². The summed E-state index contributed by atoms with van der Waals surface area (Å²) in [6.45, 7) is 8.27. The summed E-state index contributed by atoms with van der Waals surface area (Å²) in [4.78, 5) is 14.3. The number of carbonyl (C=O) groups excluding carboxylic acids is 1. The minimum atomic E-state index is -0.0349. The van der Waals surface area contributed by atoms with Crippen molar-refractivity contribution in [2.24, 2.45) is 0 Å². The standard InChI is InChI=1S/C18H28N2OS.ClH/c1-14-5-7-15(8-6-14)18(2,3)13-20(4)17(21)11-16-12-22-10-9-19-16;/h5-8,16,19H,9-13H2,1-4H3;1H. The zero-order chi connectivity index (χ0) is 16.2. The molecule has 5 heteroatoms. The van der Waals surface area contributed by atoms with Gasteiger partial charge in [0.05, 0.1) is 0 Å². The smallest absolute Gasteiger partial charge is 0.223 e. The predicted octanol–water partition coefficient (Wildman–Crippen LogP) is 3.25. The number of benzene rings is 1. The first-order chi connectivity index (χ1) is 10.4. The molecular weight excluding hydrogens is 328 g/mol. The number of aryl methyl sites for hydroxylation is 1. The van der Waals surface area contributed by atoms with E-state index in [4.69, 9.17) is 0 Å². The van der Waals surface area contributed by atoms with Gasteiger partial charge in [0.15, 0.2) is 0 Å². The average molecular weight is 357 g/mol. The zero-order valence-corrected chi connectivity index (χ0v) is 16.2. The SMILES string of the molecule is Cc1ccc(C(C)(C)CN(C)C(=O)CC2CSCCN2)cc1.Cl. The van der Waals surface area contributed by atoms with Gasteiger partial charge in [0.1, 0.15) is 0 Å². The molecule has 1 aliphatic heterocycles. The van der Waals surface area contributed by atoms with Crippen LogP contribution in [0.3, 0.4) is 0 Å². The highest BCUT2D eigenvalue weighted by Gasteiger charge is 2.26. The summed E-state index contributed by atoms with van der Waals surface area (Å²) < 4.78 is 0. The molecular formula is C18H29ClN2OS. The fourth-order valence-corrected chi connectivity index (χ4v) is 3.84. The van der Waals surface area contributed by atoms with Crippen LogP contribution in [0.25, 0.3) is 0 Å². The molecule has 1 saturated heterocycles. The molecule has 23 heavy (non-hydrogen) atoms. The van der Waals surface area contributed by atoms with Crippen molar-refractivity contribution in [2.45, 2.75) is 38.6 Å². The van der Waals surface area contributed by atoms with Crippen molar-refractivity contribution in [3.05, 3.63) is 35.4 Å². The Morgan fingerprint density at radius 2 is 2.00 bits per heavy atom. The first-order valence-electron chi connectivity index (χ1n) is 8.01. The minimum absolute atomic E-state index is 0. The maximum Gasteiger partial charge on any atom is 0.223 e. The van der Waals surface area contributed by atoms with Crippen LogP contribution < -0.4 is 5.32 Å². The first kappa shape index (κ1) is 20.3. The van der Waals surface area contributed by atoms with E-state index in [0.29, 0.717) is 12.5 Å². The Morgan fingerprint density at radius 1 is 1.35 bits per heavy atom. The van der Waals surface area contributed by atoms with Crippen molar-refractivity contribution < 1.29 is 4.79 Å². The first-order valence-corrected chi connectivity index (χ1v) is 9.16. The largest absolute Gasteiger partial charge is 0.345 e. The highest BCUT2D eigenvalue weighted by Crippen LogP contribution is 2.25. The Kier molecular flexibility index (Phi) is 7.91. The maximum atomic E-state index is 12.5. The monoisotopic (exact) mass is 356 g/mol. The average Bonchev–Trinajstić information content (AvgIpc) is 2.48. The van der Waals surface area contributed by atoms with Crippen molar-refractivity contribution in [3.63, 3.8) is 0 Å². The van der Waals surface area contributed by atoms with Gasteiger partial charge in [-0.3, -0.25) is 4.79 Å². The van der Waals surface area contributed by atoms with Crippen molar-refractivity contribution >= 4 is 30.1 Å². The molecule has 130 valence electrons. The van der Waals surface area contributed by atoms with E-state index >= 15 is 0 Å². The number of nitrogens with zero attached hydrogens (tertiary/aromatic N) is 1. The summed E-state index contributed by atoms with van der Waals surface area (Å²) in [5.74, 6) is 2.43. The van der Waals surface area contributed by atoms with E-state index < -0.39 is 0 Å². The van der Waals surface area contributed by atoms with Crippen LogP contribution in [0.4, 0.5) is 0 Å². The molecule has 1 N–H and O–H groups in total. The fraction of sp³-hybridized carbons (Fsp3) is 0.611. The Labute approximate surface area is 151 Å². The maximum absolute atomic E-state index is 12.5. The van der Waals surface area contributed by atoms with Gasteiger partial charge < -0.3 is 10.2 Å². The van der Waals surface area contributed by atoms with E-state index in [2.05, 4.69) is 50.4 Å². The highest BCUT2D eigenvalue weighted by atomic mass is 35.5. The Bertz CT molecular complexity index is 498. The summed E-state index contributed by atoms with van der Waals surface area (Å²) >= 11 is 1.93. The van der Waals surface area contributed by atoms with Crippen molar-refractivity contribution in [1.29, 1.82) is 0 Å². The number of hydrogen-bond acceptors (Lipinski definition) is 3. The lowest BCUT2D eigenvalue weighted by Gasteiger charge is -2.32. The normalized spacial score (nSPS) is 18.2. The Hall–Kier alpha value is -0.710. The highest BCUT2D eigenvalue weighted by molar-refractivity contribution is 7.99. The fourth-order valence-electron chi connectivity index (χ4n) is 2.89. The summed E-state index contributed by atoms with van der Waals surface area (Å²) in [5.41, 5.74) is 2.52. The van der Waals surface area contributed by atoms with Crippen LogP contribution >= 0.6 is 24.2 Å². The number of nitrogens with one attached hydrogen (secondary N) is 1. The lowest BCUT2D eigenvalue weighted by molar-refractivity contribution is -0.131. The molecule has 1 unspecified atom stereocenters. The number of thioether (sulfide) groups is 1. The van der Waals surface area contributed by atoms with Crippen molar-refractivity contribution in [3.8, 4) is 0 Å². The molecule has 2 rings (SSSR count). The van der Waals surface area contributed by atoms with Gasteiger partial charge in [0, 0.05) is 49.5 Å². The topological polar surface area (TPSA) is 32.3 Å². The number of hydrogen-bond donors (Lipinski definition) is 1. The van der Waals surface area contributed by atoms with Gasteiger partial charge in [-0.05, 0) is 12.5 Å². The van der Waals surface area contributed by atoms with Gasteiger partial charge in [0.25, 0.3) is 0 Å². The van der Waals surface area contributed by atoms with Crippen LogP contribution in [0.15, 0.2) is 24.3 Å². The number of carbonyl (C=O) groups is 1. The second-order valence-electron chi connectivity index (χ2n) is 6.93. The second kappa shape index (κ2) is 8.95. The van der Waals surface area contributed by atoms with Crippen LogP contribution in [0, 0.1) is 6.92 Å². The Morgan fingerprint density at radius 3 is 2.57 bits per heavy atom. The van der Waals surface area contributed by atoms with Gasteiger partial charge in [-0.2, -0.15) is 11.8 Å². The van der Waals surface area contributed by atoms with E-state index in [-0.39, 0.29) is 23.7 Å². The molecule has 1 amide bonds. The van der Waals surface area contributed by atoms with Crippen LogP contribution in [0.2, 0.25) is 0 Å². The van der Waals surface area contributed by atoms with E-state index in [1.54, 1.807) is 0 Å². The molecule has 0 bridgehead atoms. The van der Waals surface area contributed by atoms with E-state index in [9.17, 15) is 4.79 Å². The summed E-state index contributed by atoms with van der Waals surface area (Å²) in [7, 11) is 1.92. The molecule has 0 spiro atoms. The van der Waals surface area contributed by atoms with Gasteiger partial charge in [-0.1, -0.05) is 43.7 Å². The zero-order valence-electron chi connectivity index (χ0n) is 14.6. The molecule has 1 heterocycles. The summed E-state index contributed by atoms with van der Waals surface area (Å²) in [5, 5.41) is 3.44. The molecule has 1 aromatic carbocycles. The molecule has 1 fully saturated rings. The third-order valence-electron chi connectivity index (χ3n) is 4.31.